The van der Waals surface area contributed by atoms with Crippen LogP contribution in [0.15, 0.2) is 12.1 Å². The summed E-state index contributed by atoms with van der Waals surface area (Å²) >= 11 is 0. The van der Waals surface area contributed by atoms with Crippen molar-refractivity contribution in [2.75, 3.05) is 39.3 Å². The van der Waals surface area contributed by atoms with E-state index in [0.717, 1.165) is 22.4 Å². The molecule has 0 N–H and O–H groups in total. The Balaban J connectivity index is 1.50. The van der Waals surface area contributed by atoms with Crippen LogP contribution < -0.4 is 4.74 Å². The molecule has 1 aromatic carbocycles. The molecule has 0 aromatic heterocycles. The summed E-state index contributed by atoms with van der Waals surface area (Å²) in [6.45, 7) is 12.4. The number of rotatable bonds is 5. The number of carbonyl (C=O) groups excluding carboxylic acids is 3. The highest BCUT2D eigenvalue weighted by Gasteiger charge is 2.38. The molecule has 1 unspecified atom stereocenters. The van der Waals surface area contributed by atoms with Gasteiger partial charge in [-0.25, -0.2) is 0 Å². The molecule has 1 atom stereocenters. The van der Waals surface area contributed by atoms with Gasteiger partial charge in [0.15, 0.2) is 6.61 Å². The number of piperazine rings is 1. The minimum Gasteiger partial charge on any atom is -0.483 e. The summed E-state index contributed by atoms with van der Waals surface area (Å²) in [5, 5.41) is 0. The molecule has 164 valence electrons. The van der Waals surface area contributed by atoms with E-state index in [1.807, 2.05) is 46.8 Å². The first-order valence-electron chi connectivity index (χ1n) is 10.7. The molecule has 1 aromatic rings. The third-order valence-corrected chi connectivity index (χ3v) is 6.29. The van der Waals surface area contributed by atoms with Gasteiger partial charge in [0.05, 0.1) is 5.92 Å². The van der Waals surface area contributed by atoms with Gasteiger partial charge in [0.2, 0.25) is 11.8 Å². The lowest BCUT2D eigenvalue weighted by molar-refractivity contribution is -0.142. The number of ether oxygens (including phenoxy) is 1. The van der Waals surface area contributed by atoms with E-state index in [9.17, 15) is 14.4 Å². The van der Waals surface area contributed by atoms with E-state index in [-0.39, 0.29) is 36.3 Å². The highest BCUT2D eigenvalue weighted by atomic mass is 16.5. The molecule has 2 fully saturated rings. The van der Waals surface area contributed by atoms with Crippen molar-refractivity contribution in [2.45, 2.75) is 47.1 Å². The Morgan fingerprint density at radius 3 is 2.23 bits per heavy atom. The number of amides is 3. The standard InChI is InChI=1S/C23H33N3O4/c1-15(2)26-13-19(12-20(26)27)23(29)25-10-8-24(9-11-25)21(28)14-30-22-17(4)7-6-16(3)18(22)5/h6-7,15,19H,8-14H2,1-5H3. The second-order valence-corrected chi connectivity index (χ2v) is 8.69. The van der Waals surface area contributed by atoms with E-state index in [2.05, 4.69) is 0 Å². The normalized spacial score (nSPS) is 19.6. The van der Waals surface area contributed by atoms with Crippen LogP contribution in [0.2, 0.25) is 0 Å². The van der Waals surface area contributed by atoms with Gasteiger partial charge in [0.1, 0.15) is 5.75 Å². The number of hydrogen-bond donors (Lipinski definition) is 0. The molecule has 3 rings (SSSR count). The maximum Gasteiger partial charge on any atom is 0.260 e. The summed E-state index contributed by atoms with van der Waals surface area (Å²) in [7, 11) is 0. The molecule has 7 heteroatoms. The van der Waals surface area contributed by atoms with Gasteiger partial charge in [0.25, 0.3) is 5.91 Å². The predicted molar refractivity (Wildman–Crippen MR) is 114 cm³/mol. The van der Waals surface area contributed by atoms with Crippen LogP contribution in [0.1, 0.15) is 37.0 Å². The summed E-state index contributed by atoms with van der Waals surface area (Å²) in [5.74, 6) is 0.525. The zero-order valence-corrected chi connectivity index (χ0v) is 18.7. The van der Waals surface area contributed by atoms with Crippen LogP contribution in [0, 0.1) is 26.7 Å². The second-order valence-electron chi connectivity index (χ2n) is 8.69. The zero-order valence-electron chi connectivity index (χ0n) is 18.7. The SMILES string of the molecule is Cc1ccc(C)c(OCC(=O)N2CCN(C(=O)C3CC(=O)N(C(C)C)C3)CC2)c1C. The van der Waals surface area contributed by atoms with E-state index in [1.165, 1.54) is 0 Å². The van der Waals surface area contributed by atoms with Crippen molar-refractivity contribution in [3.05, 3.63) is 28.8 Å². The molecule has 2 heterocycles. The number of likely N-dealkylation sites (tertiary alicyclic amines) is 1. The smallest absolute Gasteiger partial charge is 0.260 e. The number of nitrogens with zero attached hydrogens (tertiary/aromatic N) is 3. The van der Waals surface area contributed by atoms with Crippen LogP contribution >= 0.6 is 0 Å². The van der Waals surface area contributed by atoms with Crippen molar-refractivity contribution in [3.63, 3.8) is 0 Å². The molecule has 0 spiro atoms. The van der Waals surface area contributed by atoms with Gasteiger partial charge in [-0.2, -0.15) is 0 Å². The fourth-order valence-electron chi connectivity index (χ4n) is 4.20. The minimum absolute atomic E-state index is 0.000441. The Kier molecular flexibility index (Phi) is 6.68. The maximum absolute atomic E-state index is 12.8. The van der Waals surface area contributed by atoms with Gasteiger partial charge in [-0.15, -0.1) is 0 Å². The van der Waals surface area contributed by atoms with Crippen molar-refractivity contribution in [3.8, 4) is 5.75 Å². The molecule has 2 aliphatic heterocycles. The highest BCUT2D eigenvalue weighted by Crippen LogP contribution is 2.26. The number of benzene rings is 1. The van der Waals surface area contributed by atoms with Crippen molar-refractivity contribution >= 4 is 17.7 Å². The largest absolute Gasteiger partial charge is 0.483 e. The van der Waals surface area contributed by atoms with Crippen molar-refractivity contribution in [1.82, 2.24) is 14.7 Å². The summed E-state index contributed by atoms with van der Waals surface area (Å²) < 4.78 is 5.85. The minimum atomic E-state index is -0.266. The molecule has 2 saturated heterocycles. The van der Waals surface area contributed by atoms with Crippen LogP contribution in [-0.4, -0.2) is 77.8 Å². The first-order chi connectivity index (χ1) is 14.2. The summed E-state index contributed by atoms with van der Waals surface area (Å²) in [4.78, 5) is 42.9. The average molecular weight is 416 g/mol. The molecule has 30 heavy (non-hydrogen) atoms. The zero-order chi connectivity index (χ0) is 22.0. The van der Waals surface area contributed by atoms with Gasteiger partial charge in [-0.05, 0) is 51.3 Å². The molecule has 0 aliphatic carbocycles. The highest BCUT2D eigenvalue weighted by molar-refractivity contribution is 5.89. The third kappa shape index (κ3) is 4.60. The van der Waals surface area contributed by atoms with E-state index in [0.29, 0.717) is 39.1 Å². The first kappa shape index (κ1) is 22.1. The van der Waals surface area contributed by atoms with Gasteiger partial charge in [0, 0.05) is 45.2 Å². The molecule has 0 saturated carbocycles. The lowest BCUT2D eigenvalue weighted by Gasteiger charge is -2.36. The van der Waals surface area contributed by atoms with Crippen molar-refractivity contribution in [1.29, 1.82) is 0 Å². The van der Waals surface area contributed by atoms with E-state index >= 15 is 0 Å². The molecular formula is C23H33N3O4. The van der Waals surface area contributed by atoms with E-state index in [4.69, 9.17) is 4.74 Å². The Bertz CT molecular complexity index is 828. The number of carbonyl (C=O) groups is 3. The van der Waals surface area contributed by atoms with Gasteiger partial charge in [-0.1, -0.05) is 12.1 Å². The summed E-state index contributed by atoms with van der Waals surface area (Å²) in [5.41, 5.74) is 3.21. The van der Waals surface area contributed by atoms with Gasteiger partial charge >= 0.3 is 0 Å². The second kappa shape index (κ2) is 9.06. The third-order valence-electron chi connectivity index (χ3n) is 6.29. The van der Waals surface area contributed by atoms with Crippen LogP contribution in [0.3, 0.4) is 0 Å². The topological polar surface area (TPSA) is 70.2 Å². The van der Waals surface area contributed by atoms with E-state index < -0.39 is 0 Å². The molecule has 7 nitrogen and oxygen atoms in total. The van der Waals surface area contributed by atoms with Crippen LogP contribution in [0.4, 0.5) is 0 Å². The van der Waals surface area contributed by atoms with Crippen molar-refractivity contribution < 1.29 is 19.1 Å². The quantitative estimate of drug-likeness (QED) is 0.737. The molecule has 0 bridgehead atoms. The molecule has 2 aliphatic rings. The monoisotopic (exact) mass is 415 g/mol. The van der Waals surface area contributed by atoms with E-state index in [1.54, 1.807) is 14.7 Å². The first-order valence-corrected chi connectivity index (χ1v) is 10.7. The fraction of sp³-hybridized carbons (Fsp3) is 0.609. The number of aryl methyl sites for hydroxylation is 2. The Morgan fingerprint density at radius 2 is 1.63 bits per heavy atom. The average Bonchev–Trinajstić information content (AvgIpc) is 3.12. The van der Waals surface area contributed by atoms with Crippen LogP contribution in [-0.2, 0) is 14.4 Å². The maximum atomic E-state index is 12.8. The lowest BCUT2D eigenvalue weighted by Crippen LogP contribution is -2.53. The Morgan fingerprint density at radius 1 is 1.03 bits per heavy atom. The summed E-state index contributed by atoms with van der Waals surface area (Å²) in [6, 6.07) is 4.17. The van der Waals surface area contributed by atoms with Crippen LogP contribution in [0.5, 0.6) is 5.75 Å². The molecule has 0 radical (unpaired) electrons. The summed E-state index contributed by atoms with van der Waals surface area (Å²) in [6.07, 6.45) is 0.291. The van der Waals surface area contributed by atoms with Gasteiger partial charge < -0.3 is 19.4 Å². The molecular weight excluding hydrogens is 382 g/mol. The molecule has 3 amide bonds. The lowest BCUT2D eigenvalue weighted by atomic mass is 10.1. The van der Waals surface area contributed by atoms with Gasteiger partial charge in [-0.3, -0.25) is 14.4 Å². The Labute approximate surface area is 179 Å². The fourth-order valence-corrected chi connectivity index (χ4v) is 4.20. The Hall–Kier alpha value is -2.57. The predicted octanol–water partition coefficient (Wildman–Crippen LogP) is 1.92. The number of hydrogen-bond acceptors (Lipinski definition) is 4. The van der Waals surface area contributed by atoms with Crippen LogP contribution in [0.25, 0.3) is 0 Å². The van der Waals surface area contributed by atoms with Crippen molar-refractivity contribution in [2.24, 2.45) is 5.92 Å².